The first kappa shape index (κ1) is 18.0. The van der Waals surface area contributed by atoms with Crippen molar-refractivity contribution >= 4 is 34.4 Å². The number of nitrogens with zero attached hydrogens (tertiary/aromatic N) is 1. The Hall–Kier alpha value is -2.81. The number of thioether (sulfide) groups is 1. The standard InChI is InChI=1S/C17H15F2N3O3S/c1-24-12-6-7-13-14(8-12)22-17(21-13)26-9-15(23)20-10-2-4-11(5-3-10)25-16(18)19/h2-8,16H,9H2,1H3,(H,20,23)(H,21,22). The van der Waals surface area contributed by atoms with E-state index >= 15 is 0 Å². The van der Waals surface area contributed by atoms with E-state index in [9.17, 15) is 13.6 Å². The predicted molar refractivity (Wildman–Crippen MR) is 95.1 cm³/mol. The van der Waals surface area contributed by atoms with Gasteiger partial charge in [0.05, 0.1) is 23.9 Å². The summed E-state index contributed by atoms with van der Waals surface area (Å²) in [7, 11) is 1.59. The van der Waals surface area contributed by atoms with Crippen LogP contribution in [0.3, 0.4) is 0 Å². The van der Waals surface area contributed by atoms with Crippen molar-refractivity contribution in [3.8, 4) is 11.5 Å². The Labute approximate surface area is 151 Å². The number of imidazole rings is 1. The number of hydrogen-bond acceptors (Lipinski definition) is 5. The SMILES string of the molecule is COc1ccc2nc(SCC(=O)Nc3ccc(OC(F)F)cc3)[nH]c2c1. The Balaban J connectivity index is 1.55. The van der Waals surface area contributed by atoms with Gasteiger partial charge in [-0.15, -0.1) is 0 Å². The Kier molecular flexibility index (Phi) is 5.57. The highest BCUT2D eigenvalue weighted by Crippen LogP contribution is 2.23. The van der Waals surface area contributed by atoms with Crippen LogP contribution in [0, 0.1) is 0 Å². The third-order valence-electron chi connectivity index (χ3n) is 3.37. The van der Waals surface area contributed by atoms with Crippen molar-refractivity contribution in [3.63, 3.8) is 0 Å². The van der Waals surface area contributed by atoms with Crippen molar-refractivity contribution in [2.75, 3.05) is 18.2 Å². The van der Waals surface area contributed by atoms with Crippen molar-refractivity contribution < 1.29 is 23.0 Å². The van der Waals surface area contributed by atoms with Crippen LogP contribution >= 0.6 is 11.8 Å². The predicted octanol–water partition coefficient (Wildman–Crippen LogP) is 3.90. The smallest absolute Gasteiger partial charge is 0.387 e. The number of carbonyl (C=O) groups excluding carboxylic acids is 1. The summed E-state index contributed by atoms with van der Waals surface area (Å²) in [5.74, 6) is 0.655. The van der Waals surface area contributed by atoms with Gasteiger partial charge in [0.15, 0.2) is 5.16 Å². The second-order valence-electron chi connectivity index (χ2n) is 5.16. The molecular weight excluding hydrogens is 364 g/mol. The maximum Gasteiger partial charge on any atom is 0.387 e. The number of anilines is 1. The quantitative estimate of drug-likeness (QED) is 0.609. The molecule has 136 valence electrons. The van der Waals surface area contributed by atoms with E-state index in [0.717, 1.165) is 16.8 Å². The summed E-state index contributed by atoms with van der Waals surface area (Å²) in [4.78, 5) is 19.5. The largest absolute Gasteiger partial charge is 0.497 e. The molecule has 2 N–H and O–H groups in total. The monoisotopic (exact) mass is 379 g/mol. The van der Waals surface area contributed by atoms with Crippen LogP contribution in [-0.4, -0.2) is 35.3 Å². The summed E-state index contributed by atoms with van der Waals surface area (Å²) in [6.07, 6.45) is 0. The van der Waals surface area contributed by atoms with Crippen LogP contribution in [0.1, 0.15) is 0 Å². The summed E-state index contributed by atoms with van der Waals surface area (Å²) in [5.41, 5.74) is 2.09. The first-order valence-corrected chi connectivity index (χ1v) is 8.53. The van der Waals surface area contributed by atoms with Gasteiger partial charge in [0.25, 0.3) is 0 Å². The lowest BCUT2D eigenvalue weighted by Gasteiger charge is -2.07. The first-order chi connectivity index (χ1) is 12.5. The number of H-pyrrole nitrogens is 1. The molecule has 2 aromatic carbocycles. The van der Waals surface area contributed by atoms with Gasteiger partial charge in [-0.25, -0.2) is 4.98 Å². The van der Waals surface area contributed by atoms with Crippen LogP contribution in [0.5, 0.6) is 11.5 Å². The number of rotatable bonds is 7. The fourth-order valence-corrected chi connectivity index (χ4v) is 2.90. The van der Waals surface area contributed by atoms with Gasteiger partial charge in [-0.05, 0) is 36.4 Å². The molecule has 26 heavy (non-hydrogen) atoms. The van der Waals surface area contributed by atoms with Gasteiger partial charge in [-0.1, -0.05) is 11.8 Å². The van der Waals surface area contributed by atoms with E-state index in [1.54, 1.807) is 7.11 Å². The number of amides is 1. The van der Waals surface area contributed by atoms with E-state index in [1.807, 2.05) is 18.2 Å². The van der Waals surface area contributed by atoms with Gasteiger partial charge in [-0.3, -0.25) is 4.79 Å². The zero-order valence-corrected chi connectivity index (χ0v) is 14.5. The molecule has 3 rings (SSSR count). The maximum absolute atomic E-state index is 12.1. The van der Waals surface area contributed by atoms with E-state index in [-0.39, 0.29) is 17.4 Å². The Bertz CT molecular complexity index is 900. The maximum atomic E-state index is 12.1. The zero-order valence-electron chi connectivity index (χ0n) is 13.7. The average Bonchev–Trinajstić information content (AvgIpc) is 3.03. The minimum absolute atomic E-state index is 0.0325. The molecule has 0 bridgehead atoms. The van der Waals surface area contributed by atoms with Gasteiger partial charge in [0, 0.05) is 11.8 Å². The fraction of sp³-hybridized carbons (Fsp3) is 0.176. The van der Waals surface area contributed by atoms with Crippen molar-refractivity contribution in [2.45, 2.75) is 11.8 Å². The van der Waals surface area contributed by atoms with Crippen LogP contribution in [0.2, 0.25) is 0 Å². The number of aromatic nitrogens is 2. The highest BCUT2D eigenvalue weighted by Gasteiger charge is 2.09. The third kappa shape index (κ3) is 4.63. The lowest BCUT2D eigenvalue weighted by Crippen LogP contribution is -2.14. The first-order valence-electron chi connectivity index (χ1n) is 7.55. The van der Waals surface area contributed by atoms with Gasteiger partial charge in [0.2, 0.25) is 5.91 Å². The molecule has 0 aliphatic rings. The number of alkyl halides is 2. The highest BCUT2D eigenvalue weighted by atomic mass is 32.2. The van der Waals surface area contributed by atoms with Crippen LogP contribution in [-0.2, 0) is 4.79 Å². The lowest BCUT2D eigenvalue weighted by molar-refractivity contribution is -0.113. The molecule has 0 spiro atoms. The molecule has 1 amide bonds. The Morgan fingerprint density at radius 1 is 1.23 bits per heavy atom. The summed E-state index contributed by atoms with van der Waals surface area (Å²) < 4.78 is 33.6. The van der Waals surface area contributed by atoms with E-state index < -0.39 is 6.61 Å². The van der Waals surface area contributed by atoms with Gasteiger partial charge < -0.3 is 19.8 Å². The number of aromatic amines is 1. The second-order valence-corrected chi connectivity index (χ2v) is 6.13. The van der Waals surface area contributed by atoms with Crippen molar-refractivity contribution in [2.24, 2.45) is 0 Å². The van der Waals surface area contributed by atoms with Crippen molar-refractivity contribution in [3.05, 3.63) is 42.5 Å². The number of nitrogens with one attached hydrogen (secondary N) is 2. The van der Waals surface area contributed by atoms with E-state index in [4.69, 9.17) is 4.74 Å². The molecule has 6 nitrogen and oxygen atoms in total. The second kappa shape index (κ2) is 8.05. The Morgan fingerprint density at radius 2 is 1.96 bits per heavy atom. The van der Waals surface area contributed by atoms with Crippen LogP contribution in [0.4, 0.5) is 14.5 Å². The van der Waals surface area contributed by atoms with Crippen LogP contribution in [0.15, 0.2) is 47.6 Å². The van der Waals surface area contributed by atoms with Gasteiger partial charge in [0.1, 0.15) is 11.5 Å². The third-order valence-corrected chi connectivity index (χ3v) is 4.24. The minimum Gasteiger partial charge on any atom is -0.497 e. The van der Waals surface area contributed by atoms with E-state index in [2.05, 4.69) is 20.0 Å². The number of halogens is 2. The summed E-state index contributed by atoms with van der Waals surface area (Å²) >= 11 is 1.26. The molecule has 0 atom stereocenters. The topological polar surface area (TPSA) is 76.2 Å². The van der Waals surface area contributed by atoms with E-state index in [1.165, 1.54) is 36.0 Å². The average molecular weight is 379 g/mol. The molecule has 1 heterocycles. The molecule has 3 aromatic rings. The number of carbonyl (C=O) groups is 1. The number of methoxy groups -OCH3 is 1. The summed E-state index contributed by atoms with van der Waals surface area (Å²) in [5, 5.41) is 3.30. The summed E-state index contributed by atoms with van der Waals surface area (Å²) in [6.45, 7) is -2.88. The molecular formula is C17H15F2N3O3S. The molecule has 0 aliphatic heterocycles. The van der Waals surface area contributed by atoms with Gasteiger partial charge >= 0.3 is 6.61 Å². The molecule has 0 unspecified atom stereocenters. The minimum atomic E-state index is -2.88. The lowest BCUT2D eigenvalue weighted by atomic mass is 10.3. The molecule has 0 radical (unpaired) electrons. The van der Waals surface area contributed by atoms with E-state index in [0.29, 0.717) is 10.8 Å². The molecule has 0 aliphatic carbocycles. The molecule has 0 fully saturated rings. The number of hydrogen-bond donors (Lipinski definition) is 2. The zero-order chi connectivity index (χ0) is 18.5. The van der Waals surface area contributed by atoms with Crippen molar-refractivity contribution in [1.82, 2.24) is 9.97 Å². The normalized spacial score (nSPS) is 10.9. The highest BCUT2D eigenvalue weighted by molar-refractivity contribution is 7.99. The number of ether oxygens (including phenoxy) is 2. The van der Waals surface area contributed by atoms with Crippen LogP contribution < -0.4 is 14.8 Å². The molecule has 1 aromatic heterocycles. The Morgan fingerprint density at radius 3 is 2.65 bits per heavy atom. The number of fused-ring (bicyclic) bond motifs is 1. The molecule has 0 saturated heterocycles. The fourth-order valence-electron chi connectivity index (χ4n) is 2.21. The van der Waals surface area contributed by atoms with Gasteiger partial charge in [-0.2, -0.15) is 8.78 Å². The van der Waals surface area contributed by atoms with Crippen LogP contribution in [0.25, 0.3) is 11.0 Å². The van der Waals surface area contributed by atoms with Crippen molar-refractivity contribution in [1.29, 1.82) is 0 Å². The molecule has 9 heteroatoms. The summed E-state index contributed by atoms with van der Waals surface area (Å²) in [6, 6.07) is 11.2. The molecule has 0 saturated carbocycles. The number of benzene rings is 2.